The van der Waals surface area contributed by atoms with Gasteiger partial charge in [-0.15, -0.1) is 0 Å². The number of hydrogen-bond acceptors (Lipinski definition) is 2. The molecule has 0 bridgehead atoms. The van der Waals surface area contributed by atoms with Gasteiger partial charge in [0.1, 0.15) is 0 Å². The number of benzene rings is 1. The first-order valence-electron chi connectivity index (χ1n) is 5.47. The maximum Gasteiger partial charge on any atom is 0.0715 e. The highest BCUT2D eigenvalue weighted by atomic mass is 16.5. The van der Waals surface area contributed by atoms with Crippen molar-refractivity contribution in [1.29, 1.82) is 0 Å². The van der Waals surface area contributed by atoms with Crippen molar-refractivity contribution in [2.24, 2.45) is 11.7 Å². The van der Waals surface area contributed by atoms with Crippen LogP contribution >= 0.6 is 0 Å². The molecule has 0 spiro atoms. The van der Waals surface area contributed by atoms with E-state index in [-0.39, 0.29) is 0 Å². The first-order valence-corrected chi connectivity index (χ1v) is 5.47. The number of methoxy groups -OCH3 is 1. The van der Waals surface area contributed by atoms with Crippen molar-refractivity contribution in [1.82, 2.24) is 0 Å². The molecule has 0 radical (unpaired) electrons. The van der Waals surface area contributed by atoms with Crippen molar-refractivity contribution in [2.45, 2.75) is 26.4 Å². The molecule has 15 heavy (non-hydrogen) atoms. The Morgan fingerprint density at radius 3 is 2.47 bits per heavy atom. The predicted molar refractivity (Wildman–Crippen MR) is 63.8 cm³/mol. The summed E-state index contributed by atoms with van der Waals surface area (Å²) in [4.78, 5) is 0. The molecule has 1 rings (SSSR count). The lowest BCUT2D eigenvalue weighted by Gasteiger charge is -2.22. The molecule has 1 aromatic carbocycles. The standard InChI is InChI=1S/C13H21NO/c1-10(2)13(8-14)12-7-5-4-6-11(12)9-15-3/h4-7,10,13H,8-9,14H2,1-3H3. The van der Waals surface area contributed by atoms with Gasteiger partial charge in [-0.25, -0.2) is 0 Å². The second kappa shape index (κ2) is 5.89. The molecule has 1 atom stereocenters. The number of ether oxygens (including phenoxy) is 1. The number of hydrogen-bond donors (Lipinski definition) is 1. The van der Waals surface area contributed by atoms with E-state index in [1.165, 1.54) is 11.1 Å². The lowest BCUT2D eigenvalue weighted by Crippen LogP contribution is -2.19. The molecule has 0 aliphatic carbocycles. The van der Waals surface area contributed by atoms with Crippen molar-refractivity contribution in [3.8, 4) is 0 Å². The van der Waals surface area contributed by atoms with Gasteiger partial charge in [-0.2, -0.15) is 0 Å². The summed E-state index contributed by atoms with van der Waals surface area (Å²) in [5.74, 6) is 0.990. The monoisotopic (exact) mass is 207 g/mol. The second-order valence-electron chi connectivity index (χ2n) is 4.22. The van der Waals surface area contributed by atoms with Crippen LogP contribution in [0.4, 0.5) is 0 Å². The van der Waals surface area contributed by atoms with E-state index in [1.54, 1.807) is 7.11 Å². The number of rotatable bonds is 5. The molecule has 0 saturated heterocycles. The van der Waals surface area contributed by atoms with Crippen LogP contribution in [-0.4, -0.2) is 13.7 Å². The van der Waals surface area contributed by atoms with Gasteiger partial charge in [-0.05, 0) is 29.5 Å². The van der Waals surface area contributed by atoms with E-state index < -0.39 is 0 Å². The average molecular weight is 207 g/mol. The summed E-state index contributed by atoms with van der Waals surface area (Å²) in [6.45, 7) is 5.78. The summed E-state index contributed by atoms with van der Waals surface area (Å²) in [5.41, 5.74) is 8.41. The zero-order valence-corrected chi connectivity index (χ0v) is 9.86. The van der Waals surface area contributed by atoms with Crippen LogP contribution in [0.3, 0.4) is 0 Å². The molecule has 0 aromatic heterocycles. The van der Waals surface area contributed by atoms with Crippen molar-refractivity contribution >= 4 is 0 Å². The Morgan fingerprint density at radius 2 is 1.93 bits per heavy atom. The molecule has 0 amide bonds. The van der Waals surface area contributed by atoms with Crippen LogP contribution in [0.2, 0.25) is 0 Å². The molecule has 0 saturated carbocycles. The molecule has 84 valence electrons. The minimum atomic E-state index is 0.427. The zero-order valence-electron chi connectivity index (χ0n) is 9.86. The van der Waals surface area contributed by atoms with Gasteiger partial charge in [-0.3, -0.25) is 0 Å². The highest BCUT2D eigenvalue weighted by Crippen LogP contribution is 2.26. The molecule has 1 unspecified atom stereocenters. The topological polar surface area (TPSA) is 35.2 Å². The Labute approximate surface area is 92.4 Å². The van der Waals surface area contributed by atoms with Crippen LogP contribution in [0.25, 0.3) is 0 Å². The van der Waals surface area contributed by atoms with E-state index in [0.29, 0.717) is 25.0 Å². The fraction of sp³-hybridized carbons (Fsp3) is 0.538. The third-order valence-corrected chi connectivity index (χ3v) is 2.81. The third-order valence-electron chi connectivity index (χ3n) is 2.81. The molecule has 2 nitrogen and oxygen atoms in total. The molecule has 2 heteroatoms. The zero-order chi connectivity index (χ0) is 11.3. The van der Waals surface area contributed by atoms with Gasteiger partial charge in [0.05, 0.1) is 6.61 Å². The van der Waals surface area contributed by atoms with E-state index in [4.69, 9.17) is 10.5 Å². The third kappa shape index (κ3) is 3.05. The Balaban J connectivity index is 2.99. The smallest absolute Gasteiger partial charge is 0.0715 e. The van der Waals surface area contributed by atoms with Crippen molar-refractivity contribution in [2.75, 3.05) is 13.7 Å². The van der Waals surface area contributed by atoms with Crippen molar-refractivity contribution in [3.05, 3.63) is 35.4 Å². The molecular formula is C13H21NO. The van der Waals surface area contributed by atoms with Crippen LogP contribution in [0.5, 0.6) is 0 Å². The molecule has 2 N–H and O–H groups in total. The summed E-state index contributed by atoms with van der Waals surface area (Å²) in [7, 11) is 1.73. The SMILES string of the molecule is COCc1ccccc1C(CN)C(C)C. The fourth-order valence-electron chi connectivity index (χ4n) is 1.94. The van der Waals surface area contributed by atoms with Gasteiger partial charge >= 0.3 is 0 Å². The van der Waals surface area contributed by atoms with Gasteiger partial charge in [0.2, 0.25) is 0 Å². The van der Waals surface area contributed by atoms with Crippen LogP contribution in [0, 0.1) is 5.92 Å². The molecular weight excluding hydrogens is 186 g/mol. The fourth-order valence-corrected chi connectivity index (χ4v) is 1.94. The van der Waals surface area contributed by atoms with Crippen LogP contribution < -0.4 is 5.73 Å². The Kier molecular flexibility index (Phi) is 4.79. The molecule has 0 aliphatic rings. The van der Waals surface area contributed by atoms with Crippen LogP contribution in [0.15, 0.2) is 24.3 Å². The van der Waals surface area contributed by atoms with Crippen molar-refractivity contribution < 1.29 is 4.74 Å². The maximum atomic E-state index is 5.83. The number of nitrogens with two attached hydrogens (primary N) is 1. The van der Waals surface area contributed by atoms with Crippen molar-refractivity contribution in [3.63, 3.8) is 0 Å². The van der Waals surface area contributed by atoms with E-state index in [0.717, 1.165) is 0 Å². The summed E-state index contributed by atoms with van der Waals surface area (Å²) in [5, 5.41) is 0. The summed E-state index contributed by atoms with van der Waals surface area (Å²) in [6, 6.07) is 8.39. The molecule has 1 aromatic rings. The van der Waals surface area contributed by atoms with Gasteiger partial charge in [0.15, 0.2) is 0 Å². The summed E-state index contributed by atoms with van der Waals surface area (Å²) >= 11 is 0. The quantitative estimate of drug-likeness (QED) is 0.805. The van der Waals surface area contributed by atoms with E-state index in [2.05, 4.69) is 32.0 Å². The highest BCUT2D eigenvalue weighted by molar-refractivity contribution is 5.30. The first-order chi connectivity index (χ1) is 7.20. The summed E-state index contributed by atoms with van der Waals surface area (Å²) < 4.78 is 5.20. The first kappa shape index (κ1) is 12.2. The minimum Gasteiger partial charge on any atom is -0.380 e. The van der Waals surface area contributed by atoms with Gasteiger partial charge in [0, 0.05) is 7.11 Å². The van der Waals surface area contributed by atoms with Crippen LogP contribution in [-0.2, 0) is 11.3 Å². The second-order valence-corrected chi connectivity index (χ2v) is 4.22. The molecule has 0 aliphatic heterocycles. The molecule has 0 fully saturated rings. The normalized spacial score (nSPS) is 13.1. The lowest BCUT2D eigenvalue weighted by molar-refractivity contribution is 0.183. The average Bonchev–Trinajstić information content (AvgIpc) is 2.21. The van der Waals surface area contributed by atoms with Gasteiger partial charge in [-0.1, -0.05) is 38.1 Å². The van der Waals surface area contributed by atoms with Gasteiger partial charge in [0.25, 0.3) is 0 Å². The largest absolute Gasteiger partial charge is 0.380 e. The van der Waals surface area contributed by atoms with E-state index in [9.17, 15) is 0 Å². The Bertz CT molecular complexity index is 296. The Hall–Kier alpha value is -0.860. The lowest BCUT2D eigenvalue weighted by atomic mass is 9.86. The highest BCUT2D eigenvalue weighted by Gasteiger charge is 2.16. The maximum absolute atomic E-state index is 5.83. The van der Waals surface area contributed by atoms with E-state index in [1.807, 2.05) is 6.07 Å². The summed E-state index contributed by atoms with van der Waals surface area (Å²) in [6.07, 6.45) is 0. The van der Waals surface area contributed by atoms with E-state index >= 15 is 0 Å². The minimum absolute atomic E-state index is 0.427. The Morgan fingerprint density at radius 1 is 1.27 bits per heavy atom. The molecule has 0 heterocycles. The van der Waals surface area contributed by atoms with Crippen LogP contribution in [0.1, 0.15) is 30.9 Å². The predicted octanol–water partition coefficient (Wildman–Crippen LogP) is 2.53. The van der Waals surface area contributed by atoms with Gasteiger partial charge < -0.3 is 10.5 Å².